The molecule has 2 N–H and O–H groups in total. The van der Waals surface area contributed by atoms with Crippen molar-refractivity contribution in [1.82, 2.24) is 9.55 Å². The predicted octanol–water partition coefficient (Wildman–Crippen LogP) is 4.76. The molecule has 0 atom stereocenters. The van der Waals surface area contributed by atoms with Gasteiger partial charge in [0.1, 0.15) is 5.82 Å². The van der Waals surface area contributed by atoms with Crippen LogP contribution >= 0.6 is 0 Å². The Morgan fingerprint density at radius 3 is 2.65 bits per heavy atom. The van der Waals surface area contributed by atoms with Crippen LogP contribution in [0, 0.1) is 13.8 Å². The van der Waals surface area contributed by atoms with Gasteiger partial charge in [-0.05, 0) is 55.7 Å². The van der Waals surface area contributed by atoms with Gasteiger partial charge in [0.05, 0.1) is 11.9 Å². The number of imidazole rings is 1. The molecule has 3 aromatic rings. The van der Waals surface area contributed by atoms with Gasteiger partial charge in [0, 0.05) is 29.9 Å². The van der Waals surface area contributed by atoms with Crippen molar-refractivity contribution in [3.05, 3.63) is 65.6 Å². The molecule has 0 unspecified atom stereocenters. The Balaban J connectivity index is 1.50. The van der Waals surface area contributed by atoms with Crippen LogP contribution in [-0.4, -0.2) is 15.6 Å². The van der Waals surface area contributed by atoms with Crippen molar-refractivity contribution in [3.8, 4) is 11.3 Å². The fraction of sp³-hybridized carbons (Fsp3) is 0.238. The molecule has 5 nitrogen and oxygen atoms in total. The minimum Gasteiger partial charge on any atom is -0.328 e. The topological polar surface area (TPSA) is 59.0 Å². The summed E-state index contributed by atoms with van der Waals surface area (Å²) in [5.74, 6) is 1.14. The van der Waals surface area contributed by atoms with E-state index in [4.69, 9.17) is 0 Å². The van der Waals surface area contributed by atoms with Crippen LogP contribution in [-0.2, 0) is 13.0 Å². The van der Waals surface area contributed by atoms with Crippen molar-refractivity contribution in [1.29, 1.82) is 0 Å². The molecule has 2 heterocycles. The summed E-state index contributed by atoms with van der Waals surface area (Å²) < 4.78 is 2.26. The fourth-order valence-corrected chi connectivity index (χ4v) is 3.36. The zero-order valence-corrected chi connectivity index (χ0v) is 15.0. The molecule has 5 heteroatoms. The summed E-state index contributed by atoms with van der Waals surface area (Å²) in [6, 6.07) is 13.5. The predicted molar refractivity (Wildman–Crippen MR) is 105 cm³/mol. The number of carbonyl (C=O) groups is 1. The molecule has 2 aromatic carbocycles. The molecule has 0 fully saturated rings. The number of anilines is 2. The first-order valence-corrected chi connectivity index (χ1v) is 8.90. The first-order chi connectivity index (χ1) is 12.6. The number of rotatable bonds is 3. The van der Waals surface area contributed by atoms with Gasteiger partial charge in [0.15, 0.2) is 0 Å². The molecule has 1 aromatic heterocycles. The number of carbonyl (C=O) groups excluding carboxylic acids is 1. The lowest BCUT2D eigenvalue weighted by molar-refractivity contribution is 0.262. The monoisotopic (exact) mass is 346 g/mol. The van der Waals surface area contributed by atoms with Crippen molar-refractivity contribution in [2.75, 3.05) is 10.6 Å². The van der Waals surface area contributed by atoms with E-state index in [-0.39, 0.29) is 6.03 Å². The van der Waals surface area contributed by atoms with Crippen LogP contribution < -0.4 is 10.6 Å². The van der Waals surface area contributed by atoms with Crippen molar-refractivity contribution in [2.45, 2.75) is 33.2 Å². The van der Waals surface area contributed by atoms with E-state index in [0.29, 0.717) is 0 Å². The fourth-order valence-electron chi connectivity index (χ4n) is 3.36. The number of nitrogens with one attached hydrogen (secondary N) is 2. The molecule has 4 rings (SSSR count). The minimum absolute atomic E-state index is 0.246. The van der Waals surface area contributed by atoms with Gasteiger partial charge in [-0.25, -0.2) is 9.78 Å². The van der Waals surface area contributed by atoms with E-state index < -0.39 is 0 Å². The van der Waals surface area contributed by atoms with Crippen LogP contribution in [0.1, 0.15) is 23.4 Å². The molecule has 1 aliphatic heterocycles. The number of aromatic nitrogens is 2. The number of urea groups is 1. The minimum atomic E-state index is -0.246. The molecule has 2 amide bonds. The summed E-state index contributed by atoms with van der Waals surface area (Å²) >= 11 is 0. The maximum atomic E-state index is 12.3. The number of nitrogens with zero attached hydrogens (tertiary/aromatic N) is 2. The molecule has 26 heavy (non-hydrogen) atoms. The molecule has 1 aliphatic rings. The summed E-state index contributed by atoms with van der Waals surface area (Å²) in [5.41, 5.74) is 6.08. The van der Waals surface area contributed by atoms with Gasteiger partial charge >= 0.3 is 6.03 Å². The molecule has 0 spiro atoms. The normalized spacial score (nSPS) is 12.7. The second kappa shape index (κ2) is 6.67. The Hall–Kier alpha value is -3.08. The Bertz CT molecular complexity index is 974. The van der Waals surface area contributed by atoms with Crippen LogP contribution in [0.4, 0.5) is 16.2 Å². The smallest absolute Gasteiger partial charge is 0.323 e. The molecule has 0 aliphatic carbocycles. The van der Waals surface area contributed by atoms with Gasteiger partial charge in [-0.15, -0.1) is 0 Å². The molecule has 132 valence electrons. The number of aryl methyl sites for hydroxylation is 3. The molecular formula is C21H22N4O. The molecule has 0 radical (unpaired) electrons. The lowest BCUT2D eigenvalue weighted by Crippen LogP contribution is -2.19. The third-order valence-corrected chi connectivity index (χ3v) is 4.90. The quantitative estimate of drug-likeness (QED) is 0.718. The second-order valence-electron chi connectivity index (χ2n) is 6.77. The summed E-state index contributed by atoms with van der Waals surface area (Å²) in [5, 5.41) is 5.80. The summed E-state index contributed by atoms with van der Waals surface area (Å²) in [6.45, 7) is 5.10. The van der Waals surface area contributed by atoms with E-state index >= 15 is 0 Å². The van der Waals surface area contributed by atoms with Gasteiger partial charge < -0.3 is 15.2 Å². The zero-order valence-electron chi connectivity index (χ0n) is 15.0. The highest BCUT2D eigenvalue weighted by Gasteiger charge is 2.16. The number of benzene rings is 2. The SMILES string of the molecule is Cc1ccc(NC(=O)Nc2cccc(-c3cnc4n3CCC4)c2)cc1C. The van der Waals surface area contributed by atoms with Crippen LogP contribution in [0.5, 0.6) is 0 Å². The Morgan fingerprint density at radius 2 is 1.85 bits per heavy atom. The van der Waals surface area contributed by atoms with Crippen molar-refractivity contribution in [2.24, 2.45) is 0 Å². The number of hydrogen-bond donors (Lipinski definition) is 2. The largest absolute Gasteiger partial charge is 0.328 e. The average molecular weight is 346 g/mol. The lowest BCUT2D eigenvalue weighted by atomic mass is 10.1. The van der Waals surface area contributed by atoms with E-state index in [1.54, 1.807) is 0 Å². The van der Waals surface area contributed by atoms with Crippen molar-refractivity contribution >= 4 is 17.4 Å². The highest BCUT2D eigenvalue weighted by molar-refractivity contribution is 6.00. The van der Waals surface area contributed by atoms with E-state index in [0.717, 1.165) is 53.4 Å². The lowest BCUT2D eigenvalue weighted by Gasteiger charge is -2.11. The highest BCUT2D eigenvalue weighted by Crippen LogP contribution is 2.27. The van der Waals surface area contributed by atoms with Crippen molar-refractivity contribution in [3.63, 3.8) is 0 Å². The molecule has 0 saturated carbocycles. The molecule has 0 saturated heterocycles. The first-order valence-electron chi connectivity index (χ1n) is 8.90. The zero-order chi connectivity index (χ0) is 18.1. The van der Waals surface area contributed by atoms with E-state index in [9.17, 15) is 4.79 Å². The van der Waals surface area contributed by atoms with Crippen LogP contribution in [0.2, 0.25) is 0 Å². The molecule has 0 bridgehead atoms. The van der Waals surface area contributed by atoms with Gasteiger partial charge in [-0.3, -0.25) is 0 Å². The third kappa shape index (κ3) is 3.20. The number of fused-ring (bicyclic) bond motifs is 1. The van der Waals surface area contributed by atoms with Gasteiger partial charge in [-0.1, -0.05) is 18.2 Å². The maximum Gasteiger partial charge on any atom is 0.323 e. The second-order valence-corrected chi connectivity index (χ2v) is 6.77. The van der Waals surface area contributed by atoms with E-state index in [1.807, 2.05) is 49.5 Å². The van der Waals surface area contributed by atoms with E-state index in [1.165, 1.54) is 5.56 Å². The average Bonchev–Trinajstić information content (AvgIpc) is 3.22. The van der Waals surface area contributed by atoms with E-state index in [2.05, 4.69) is 33.2 Å². The Morgan fingerprint density at radius 1 is 1.04 bits per heavy atom. The third-order valence-electron chi connectivity index (χ3n) is 4.90. The number of amides is 2. The van der Waals surface area contributed by atoms with Crippen molar-refractivity contribution < 1.29 is 4.79 Å². The van der Waals surface area contributed by atoms with Crippen LogP contribution in [0.25, 0.3) is 11.3 Å². The van der Waals surface area contributed by atoms with Gasteiger partial charge in [0.2, 0.25) is 0 Å². The highest BCUT2D eigenvalue weighted by atomic mass is 16.2. The Labute approximate surface area is 153 Å². The summed E-state index contributed by atoms with van der Waals surface area (Å²) in [6.07, 6.45) is 4.10. The first kappa shape index (κ1) is 16.4. The maximum absolute atomic E-state index is 12.3. The van der Waals surface area contributed by atoms with Crippen LogP contribution in [0.3, 0.4) is 0 Å². The van der Waals surface area contributed by atoms with Gasteiger partial charge in [0.25, 0.3) is 0 Å². The molecular weight excluding hydrogens is 324 g/mol. The van der Waals surface area contributed by atoms with Gasteiger partial charge in [-0.2, -0.15) is 0 Å². The standard InChI is InChI=1S/C21H22N4O/c1-14-8-9-18(11-15(14)2)24-21(26)23-17-6-3-5-16(12-17)19-13-22-20-7-4-10-25(19)20/h3,5-6,8-9,11-13H,4,7,10H2,1-2H3,(H2,23,24,26). The number of hydrogen-bond acceptors (Lipinski definition) is 2. The Kier molecular flexibility index (Phi) is 4.21. The van der Waals surface area contributed by atoms with Crippen LogP contribution in [0.15, 0.2) is 48.7 Å². The summed E-state index contributed by atoms with van der Waals surface area (Å²) in [7, 11) is 0. The summed E-state index contributed by atoms with van der Waals surface area (Å²) in [4.78, 5) is 16.8.